The number of rotatable bonds is 9. The Morgan fingerprint density at radius 3 is 2.20 bits per heavy atom. The molecule has 3 aliphatic heterocycles. The quantitative estimate of drug-likeness (QED) is 0.197. The van der Waals surface area contributed by atoms with E-state index in [0.29, 0.717) is 13.0 Å². The zero-order valence-electron chi connectivity index (χ0n) is 36.3. The predicted octanol–water partition coefficient (Wildman–Crippen LogP) is 2.64. The highest BCUT2D eigenvalue weighted by Crippen LogP contribution is 2.40. The van der Waals surface area contributed by atoms with Crippen LogP contribution in [0.4, 0.5) is 0 Å². The van der Waals surface area contributed by atoms with E-state index in [1.807, 2.05) is 51.7 Å². The minimum atomic E-state index is -1.86. The molecule has 0 bridgehead atoms. The van der Waals surface area contributed by atoms with E-state index in [9.17, 15) is 30.0 Å². The van der Waals surface area contributed by atoms with Crippen molar-refractivity contribution in [2.45, 2.75) is 185 Å². The molecule has 3 fully saturated rings. The van der Waals surface area contributed by atoms with Crippen molar-refractivity contribution >= 4 is 11.9 Å². The Morgan fingerprint density at radius 1 is 1.02 bits per heavy atom. The number of carbonyl (C=O) groups excluding carboxylic acids is 2. The number of esters is 2. The lowest BCUT2D eigenvalue weighted by Gasteiger charge is -2.48. The van der Waals surface area contributed by atoms with Crippen LogP contribution in [-0.4, -0.2) is 167 Å². The van der Waals surface area contributed by atoms with Gasteiger partial charge >= 0.3 is 11.9 Å². The standard InChI is InChI=1S/C41H74N2O13/c1-16-29-41(11,49)36(54-30(44)17-2)26(7)43(14)21-22(3)19-39(9,48)35(56-38-32(45)28(42(12)13)18-23(4)51-38)24(5)33(25(6)37(47)53-29)55-31-20-40(10,50-15)34(46)27(8)52-31/h17,22-29,31-36,38,45-46,48-49H,2,16,18-21H2,1,3-15H3/t22-,23-,24+,25-,26+,27+,28+,29+,31+,32-,33+,34+,35-,36-,38+,39+,40-,41-/m1/s1. The van der Waals surface area contributed by atoms with Crippen LogP contribution < -0.4 is 0 Å². The molecule has 56 heavy (non-hydrogen) atoms. The number of methoxy groups -OCH3 is 1. The molecular formula is C41H74N2O13. The maximum absolute atomic E-state index is 14.4. The number of aliphatic hydroxyl groups excluding tert-OH is 2. The molecule has 3 saturated heterocycles. The second-order valence-corrected chi connectivity index (χ2v) is 17.8. The van der Waals surface area contributed by atoms with Gasteiger partial charge in [0.2, 0.25) is 0 Å². The van der Waals surface area contributed by atoms with Crippen LogP contribution in [0.2, 0.25) is 0 Å². The van der Waals surface area contributed by atoms with Gasteiger partial charge < -0.3 is 58.5 Å². The first-order valence-corrected chi connectivity index (χ1v) is 20.2. The van der Waals surface area contributed by atoms with Crippen molar-refractivity contribution in [3.63, 3.8) is 0 Å². The van der Waals surface area contributed by atoms with E-state index in [-0.39, 0.29) is 37.3 Å². The SMILES string of the molecule is C=CC(=O)O[C@@H]1[C@H](C)N(C)C[C@H](C)C[C@](C)(O)[C@H](O[C@@H]2O[C@H](C)C[C@H](N(C)C)[C@H]2O)[C@@H](C)[C@H](O[C@H]2C[C@@](C)(OC)[C@@H](O)[C@H](C)O2)[C@@H](C)C(=O)O[C@@H](CC)[C@@]1(C)O. The van der Waals surface area contributed by atoms with Crippen molar-refractivity contribution in [2.24, 2.45) is 17.8 Å². The van der Waals surface area contributed by atoms with Crippen molar-refractivity contribution in [3.05, 3.63) is 12.7 Å². The molecule has 15 heteroatoms. The molecule has 3 rings (SSSR count). The highest BCUT2D eigenvalue weighted by atomic mass is 16.7. The second kappa shape index (κ2) is 19.5. The summed E-state index contributed by atoms with van der Waals surface area (Å²) >= 11 is 0. The van der Waals surface area contributed by atoms with Gasteiger partial charge in [-0.3, -0.25) is 9.69 Å². The third kappa shape index (κ3) is 11.1. The van der Waals surface area contributed by atoms with Gasteiger partial charge in [-0.05, 0) is 94.8 Å². The Morgan fingerprint density at radius 2 is 1.64 bits per heavy atom. The van der Waals surface area contributed by atoms with E-state index in [4.69, 9.17) is 33.2 Å². The van der Waals surface area contributed by atoms with Gasteiger partial charge in [-0.1, -0.05) is 27.4 Å². The number of cyclic esters (lactones) is 1. The van der Waals surface area contributed by atoms with Crippen molar-refractivity contribution in [3.8, 4) is 0 Å². The summed E-state index contributed by atoms with van der Waals surface area (Å²) < 4.78 is 43.6. The lowest BCUT2D eigenvalue weighted by molar-refractivity contribution is -0.318. The highest BCUT2D eigenvalue weighted by molar-refractivity contribution is 5.81. The molecule has 0 aromatic rings. The van der Waals surface area contributed by atoms with Gasteiger partial charge in [0.15, 0.2) is 12.6 Å². The fourth-order valence-corrected chi connectivity index (χ4v) is 9.11. The molecule has 0 aliphatic carbocycles. The summed E-state index contributed by atoms with van der Waals surface area (Å²) in [6.45, 7) is 21.4. The Labute approximate surface area is 334 Å². The van der Waals surface area contributed by atoms with Crippen LogP contribution in [0.25, 0.3) is 0 Å². The summed E-state index contributed by atoms with van der Waals surface area (Å²) in [6.07, 6.45) is -7.47. The van der Waals surface area contributed by atoms with Gasteiger partial charge in [0.05, 0.1) is 41.5 Å². The zero-order chi connectivity index (χ0) is 42.7. The fourth-order valence-electron chi connectivity index (χ4n) is 9.11. The molecule has 0 aromatic heterocycles. The van der Waals surface area contributed by atoms with Crippen LogP contribution >= 0.6 is 0 Å². The normalized spacial score (nSPS) is 46.7. The van der Waals surface area contributed by atoms with Gasteiger partial charge in [-0.15, -0.1) is 0 Å². The Balaban J connectivity index is 2.22. The molecule has 0 aromatic carbocycles. The van der Waals surface area contributed by atoms with Gasteiger partial charge in [-0.25, -0.2) is 4.79 Å². The first kappa shape index (κ1) is 48.6. The summed E-state index contributed by atoms with van der Waals surface area (Å²) in [6, 6.07) is -0.872. The summed E-state index contributed by atoms with van der Waals surface area (Å²) in [5.74, 6) is -3.50. The zero-order valence-corrected chi connectivity index (χ0v) is 36.3. The van der Waals surface area contributed by atoms with Crippen LogP contribution in [0.5, 0.6) is 0 Å². The van der Waals surface area contributed by atoms with Crippen LogP contribution in [-0.2, 0) is 42.7 Å². The topological polar surface area (TPSA) is 186 Å². The van der Waals surface area contributed by atoms with Crippen molar-refractivity contribution < 1.29 is 63.2 Å². The minimum absolute atomic E-state index is 0.109. The predicted molar refractivity (Wildman–Crippen MR) is 208 cm³/mol. The number of carbonyl (C=O) groups is 2. The first-order valence-electron chi connectivity index (χ1n) is 20.2. The molecule has 0 spiro atoms. The summed E-state index contributed by atoms with van der Waals surface area (Å²) in [7, 11) is 7.09. The number of ether oxygens (including phenoxy) is 7. The molecule has 3 heterocycles. The number of hydrogen-bond acceptors (Lipinski definition) is 15. The molecule has 3 aliphatic rings. The van der Waals surface area contributed by atoms with Gasteiger partial charge in [0.25, 0.3) is 0 Å². The largest absolute Gasteiger partial charge is 0.459 e. The fraction of sp³-hybridized carbons (Fsp3) is 0.902. The van der Waals surface area contributed by atoms with Crippen LogP contribution in [0, 0.1) is 17.8 Å². The lowest BCUT2D eigenvalue weighted by atomic mass is 9.77. The third-order valence-corrected chi connectivity index (χ3v) is 12.6. The Kier molecular flexibility index (Phi) is 17.0. The second-order valence-electron chi connectivity index (χ2n) is 17.8. The van der Waals surface area contributed by atoms with E-state index in [2.05, 4.69) is 6.58 Å². The molecule has 0 amide bonds. The number of likely N-dealkylation sites (N-methyl/N-ethyl adjacent to an activating group) is 2. The van der Waals surface area contributed by atoms with Gasteiger partial charge in [0, 0.05) is 44.2 Å². The third-order valence-electron chi connectivity index (χ3n) is 12.6. The molecule has 326 valence electrons. The van der Waals surface area contributed by atoms with E-state index < -0.39 is 102 Å². The van der Waals surface area contributed by atoms with Gasteiger partial charge in [0.1, 0.15) is 30.0 Å². The van der Waals surface area contributed by atoms with Crippen LogP contribution in [0.1, 0.15) is 94.9 Å². The molecule has 18 atom stereocenters. The van der Waals surface area contributed by atoms with Crippen LogP contribution in [0.3, 0.4) is 0 Å². The van der Waals surface area contributed by atoms with Crippen LogP contribution in [0.15, 0.2) is 12.7 Å². The molecule has 15 nitrogen and oxygen atoms in total. The highest BCUT2D eigenvalue weighted by Gasteiger charge is 2.53. The molecular weight excluding hydrogens is 728 g/mol. The lowest BCUT2D eigenvalue weighted by Crippen LogP contribution is -2.60. The summed E-state index contributed by atoms with van der Waals surface area (Å²) in [4.78, 5) is 31.0. The van der Waals surface area contributed by atoms with Crippen molar-refractivity contribution in [2.75, 3.05) is 34.8 Å². The summed E-state index contributed by atoms with van der Waals surface area (Å²) in [5, 5.41) is 47.4. The summed E-state index contributed by atoms with van der Waals surface area (Å²) in [5.41, 5.74) is -4.50. The van der Waals surface area contributed by atoms with Crippen molar-refractivity contribution in [1.82, 2.24) is 9.80 Å². The maximum atomic E-state index is 14.4. The Hall–Kier alpha value is -1.76. The number of nitrogens with zero attached hydrogens (tertiary/aromatic N) is 2. The van der Waals surface area contributed by atoms with Crippen molar-refractivity contribution in [1.29, 1.82) is 0 Å². The maximum Gasteiger partial charge on any atom is 0.330 e. The molecule has 0 unspecified atom stereocenters. The smallest absolute Gasteiger partial charge is 0.330 e. The number of aliphatic hydroxyl groups is 4. The number of hydrogen-bond donors (Lipinski definition) is 4. The van der Waals surface area contributed by atoms with E-state index >= 15 is 0 Å². The molecule has 0 radical (unpaired) electrons. The van der Waals surface area contributed by atoms with E-state index in [1.165, 1.54) is 14.0 Å². The Bertz CT molecular complexity index is 1300. The van der Waals surface area contributed by atoms with E-state index in [1.54, 1.807) is 41.5 Å². The first-order chi connectivity index (χ1) is 25.8. The minimum Gasteiger partial charge on any atom is -0.459 e. The van der Waals surface area contributed by atoms with E-state index in [0.717, 1.165) is 6.08 Å². The van der Waals surface area contributed by atoms with Gasteiger partial charge in [-0.2, -0.15) is 0 Å². The average Bonchev–Trinajstić information content (AvgIpc) is 3.11. The molecule has 4 N–H and O–H groups in total. The average molecular weight is 803 g/mol. The molecule has 0 saturated carbocycles. The monoisotopic (exact) mass is 803 g/mol.